The third kappa shape index (κ3) is 7.84. The van der Waals surface area contributed by atoms with Gasteiger partial charge in [0.25, 0.3) is 0 Å². The largest absolute Gasteiger partial charge is 0.379 e. The second-order valence-corrected chi connectivity index (χ2v) is 1.59. The van der Waals surface area contributed by atoms with Gasteiger partial charge in [-0.25, -0.2) is 5.48 Å². The molecule has 0 spiro atoms. The van der Waals surface area contributed by atoms with E-state index in [1.54, 1.807) is 5.48 Å². The molecule has 0 aromatic heterocycles. The van der Waals surface area contributed by atoms with Crippen LogP contribution in [0, 0.1) is 0 Å². The first-order valence-corrected chi connectivity index (χ1v) is 3.01. The van der Waals surface area contributed by atoms with Crippen LogP contribution in [-0.4, -0.2) is 38.6 Å². The SMILES string of the molecule is C1COCCN1.CNO. The van der Waals surface area contributed by atoms with Crippen molar-refractivity contribution in [3.63, 3.8) is 0 Å². The van der Waals surface area contributed by atoms with Crippen molar-refractivity contribution in [2.75, 3.05) is 33.4 Å². The summed E-state index contributed by atoms with van der Waals surface area (Å²) in [7, 11) is 1.43. The van der Waals surface area contributed by atoms with E-state index < -0.39 is 0 Å². The number of hydrogen-bond donors (Lipinski definition) is 3. The molecule has 0 unspecified atom stereocenters. The normalized spacial score (nSPS) is 18.0. The molecule has 4 nitrogen and oxygen atoms in total. The predicted octanol–water partition coefficient (Wildman–Crippen LogP) is -0.799. The van der Waals surface area contributed by atoms with Gasteiger partial charge >= 0.3 is 0 Å². The van der Waals surface area contributed by atoms with Crippen LogP contribution in [-0.2, 0) is 4.74 Å². The van der Waals surface area contributed by atoms with Gasteiger partial charge in [-0.15, -0.1) is 0 Å². The molecule has 0 aliphatic carbocycles. The van der Waals surface area contributed by atoms with E-state index in [0.29, 0.717) is 0 Å². The zero-order valence-electron chi connectivity index (χ0n) is 5.68. The average molecular weight is 134 g/mol. The fourth-order valence-corrected chi connectivity index (χ4v) is 0.516. The zero-order valence-corrected chi connectivity index (χ0v) is 5.68. The van der Waals surface area contributed by atoms with Crippen molar-refractivity contribution in [3.8, 4) is 0 Å². The minimum atomic E-state index is 0.889. The van der Waals surface area contributed by atoms with Gasteiger partial charge in [-0.1, -0.05) is 0 Å². The zero-order chi connectivity index (χ0) is 6.95. The van der Waals surface area contributed by atoms with Crippen LogP contribution in [0.1, 0.15) is 0 Å². The minimum Gasteiger partial charge on any atom is -0.379 e. The van der Waals surface area contributed by atoms with Gasteiger partial charge in [0.1, 0.15) is 0 Å². The topological polar surface area (TPSA) is 53.5 Å². The van der Waals surface area contributed by atoms with Crippen molar-refractivity contribution >= 4 is 0 Å². The smallest absolute Gasteiger partial charge is 0.0591 e. The van der Waals surface area contributed by atoms with E-state index in [1.165, 1.54) is 7.05 Å². The van der Waals surface area contributed by atoms with Gasteiger partial charge in [0.15, 0.2) is 0 Å². The molecule has 0 aromatic rings. The number of nitrogens with one attached hydrogen (secondary N) is 2. The summed E-state index contributed by atoms with van der Waals surface area (Å²) >= 11 is 0. The molecule has 56 valence electrons. The van der Waals surface area contributed by atoms with Gasteiger partial charge in [0, 0.05) is 20.1 Å². The lowest BCUT2D eigenvalue weighted by Crippen LogP contribution is -2.30. The van der Waals surface area contributed by atoms with E-state index in [4.69, 9.17) is 9.94 Å². The van der Waals surface area contributed by atoms with Crippen LogP contribution in [0.5, 0.6) is 0 Å². The van der Waals surface area contributed by atoms with E-state index >= 15 is 0 Å². The predicted molar refractivity (Wildman–Crippen MR) is 34.5 cm³/mol. The molecule has 9 heavy (non-hydrogen) atoms. The molecular formula is C5H14N2O2. The maximum atomic E-state index is 7.32. The Labute approximate surface area is 55.2 Å². The highest BCUT2D eigenvalue weighted by Gasteiger charge is 1.92. The number of hydroxylamine groups is 1. The minimum absolute atomic E-state index is 0.889. The molecule has 0 atom stereocenters. The monoisotopic (exact) mass is 134 g/mol. The summed E-state index contributed by atoms with van der Waals surface area (Å²) in [6.07, 6.45) is 0. The lowest BCUT2D eigenvalue weighted by molar-refractivity contribution is 0.109. The first-order valence-electron chi connectivity index (χ1n) is 3.01. The van der Waals surface area contributed by atoms with Gasteiger partial charge in [-0.3, -0.25) is 0 Å². The molecule has 0 amide bonds. The molecule has 0 saturated carbocycles. The van der Waals surface area contributed by atoms with Gasteiger partial charge in [-0.2, -0.15) is 0 Å². The van der Waals surface area contributed by atoms with E-state index in [9.17, 15) is 0 Å². The third-order valence-electron chi connectivity index (χ3n) is 0.846. The van der Waals surface area contributed by atoms with Crippen molar-refractivity contribution in [2.24, 2.45) is 0 Å². The average Bonchev–Trinajstić information content (AvgIpc) is 1.93. The molecule has 1 fully saturated rings. The molecule has 0 radical (unpaired) electrons. The quantitative estimate of drug-likeness (QED) is 0.380. The Morgan fingerprint density at radius 3 is 2.00 bits per heavy atom. The molecule has 0 aromatic carbocycles. The summed E-state index contributed by atoms with van der Waals surface area (Å²) in [5.41, 5.74) is 1.75. The molecule has 3 N–H and O–H groups in total. The van der Waals surface area contributed by atoms with Gasteiger partial charge in [-0.05, 0) is 0 Å². The van der Waals surface area contributed by atoms with Crippen molar-refractivity contribution in [1.82, 2.24) is 10.8 Å². The molecule has 4 heteroatoms. The Balaban J connectivity index is 0.000000187. The molecular weight excluding hydrogens is 120 g/mol. The fourth-order valence-electron chi connectivity index (χ4n) is 0.516. The van der Waals surface area contributed by atoms with Crippen LogP contribution in [0.2, 0.25) is 0 Å². The number of morpholine rings is 1. The molecule has 1 aliphatic heterocycles. The molecule has 1 saturated heterocycles. The van der Waals surface area contributed by atoms with Crippen LogP contribution in [0.3, 0.4) is 0 Å². The summed E-state index contributed by atoms with van der Waals surface area (Å²) in [6, 6.07) is 0. The fraction of sp³-hybridized carbons (Fsp3) is 1.00. The van der Waals surface area contributed by atoms with E-state index in [0.717, 1.165) is 26.3 Å². The van der Waals surface area contributed by atoms with E-state index in [-0.39, 0.29) is 0 Å². The van der Waals surface area contributed by atoms with E-state index in [2.05, 4.69) is 5.32 Å². The Bertz CT molecular complexity index is 36.7. The lowest BCUT2D eigenvalue weighted by Gasteiger charge is -2.10. The second-order valence-electron chi connectivity index (χ2n) is 1.59. The Hall–Kier alpha value is -0.160. The van der Waals surface area contributed by atoms with Crippen molar-refractivity contribution in [3.05, 3.63) is 0 Å². The van der Waals surface area contributed by atoms with Crippen LogP contribution >= 0.6 is 0 Å². The highest BCUT2D eigenvalue weighted by Crippen LogP contribution is 1.76. The van der Waals surface area contributed by atoms with Crippen molar-refractivity contribution in [2.45, 2.75) is 0 Å². The van der Waals surface area contributed by atoms with Crippen LogP contribution in [0.4, 0.5) is 0 Å². The second kappa shape index (κ2) is 7.84. The first-order chi connectivity index (χ1) is 4.41. The first kappa shape index (κ1) is 8.84. The molecule has 1 aliphatic rings. The third-order valence-corrected chi connectivity index (χ3v) is 0.846. The standard InChI is InChI=1S/C4H9NO.CH5NO/c1-3-6-4-2-5-1;1-2-3/h5H,1-4H2;2-3H,1H3. The summed E-state index contributed by atoms with van der Waals surface area (Å²) in [6.45, 7) is 3.83. The van der Waals surface area contributed by atoms with E-state index in [1.807, 2.05) is 0 Å². The summed E-state index contributed by atoms with van der Waals surface area (Å²) in [5.74, 6) is 0. The lowest BCUT2D eigenvalue weighted by atomic mass is 10.5. The molecule has 0 bridgehead atoms. The van der Waals surface area contributed by atoms with Gasteiger partial charge in [0.2, 0.25) is 0 Å². The van der Waals surface area contributed by atoms with Gasteiger partial charge < -0.3 is 15.3 Å². The van der Waals surface area contributed by atoms with Crippen LogP contribution < -0.4 is 10.8 Å². The van der Waals surface area contributed by atoms with Crippen LogP contribution in [0.25, 0.3) is 0 Å². The Morgan fingerprint density at radius 1 is 1.44 bits per heavy atom. The number of ether oxygens (including phenoxy) is 1. The summed E-state index contributed by atoms with van der Waals surface area (Å²) in [5, 5.41) is 10.5. The highest BCUT2D eigenvalue weighted by molar-refractivity contribution is 4.49. The summed E-state index contributed by atoms with van der Waals surface area (Å²) in [4.78, 5) is 0. The molecule has 1 rings (SSSR count). The number of hydrogen-bond acceptors (Lipinski definition) is 4. The Morgan fingerprint density at radius 2 is 1.89 bits per heavy atom. The van der Waals surface area contributed by atoms with Gasteiger partial charge in [0.05, 0.1) is 13.2 Å². The summed E-state index contributed by atoms with van der Waals surface area (Å²) < 4.78 is 5.01. The maximum absolute atomic E-state index is 7.32. The number of rotatable bonds is 0. The van der Waals surface area contributed by atoms with Crippen molar-refractivity contribution < 1.29 is 9.94 Å². The highest BCUT2D eigenvalue weighted by atomic mass is 16.5. The maximum Gasteiger partial charge on any atom is 0.0591 e. The van der Waals surface area contributed by atoms with Crippen molar-refractivity contribution in [1.29, 1.82) is 0 Å². The molecule has 1 heterocycles. The Kier molecular flexibility index (Phi) is 7.70. The van der Waals surface area contributed by atoms with Crippen LogP contribution in [0.15, 0.2) is 0 Å².